The van der Waals surface area contributed by atoms with E-state index >= 15 is 0 Å². The molecule has 1 saturated heterocycles. The van der Waals surface area contributed by atoms with Crippen molar-refractivity contribution in [2.45, 2.75) is 51.7 Å². The second kappa shape index (κ2) is 2.46. The fraction of sp³-hybridized carbons (Fsp3) is 1.00. The Balaban J connectivity index is 2.66. The van der Waals surface area contributed by atoms with Crippen LogP contribution in [-0.2, 0) is 0 Å². The minimum Gasteiger partial charge on any atom is -0.314 e. The molecule has 0 bridgehead atoms. The summed E-state index contributed by atoms with van der Waals surface area (Å²) in [6.07, 6.45) is 2.30. The van der Waals surface area contributed by atoms with Gasteiger partial charge < -0.3 is 5.73 Å². The Bertz CT molecular complexity index is 134. The first-order valence-electron chi connectivity index (χ1n) is 4.39. The van der Waals surface area contributed by atoms with Crippen LogP contribution in [0.15, 0.2) is 0 Å². The lowest BCUT2D eigenvalue weighted by Gasteiger charge is -2.45. The second-order valence-corrected chi connectivity index (χ2v) is 4.94. The van der Waals surface area contributed by atoms with E-state index < -0.39 is 0 Å². The summed E-state index contributed by atoms with van der Waals surface area (Å²) >= 11 is 0. The summed E-state index contributed by atoms with van der Waals surface area (Å²) in [5.74, 6) is 0.737. The maximum absolute atomic E-state index is 6.03. The van der Waals surface area contributed by atoms with Crippen LogP contribution in [0, 0.1) is 5.92 Å². The Kier molecular flexibility index (Phi) is 2.01. The van der Waals surface area contributed by atoms with E-state index in [1.54, 1.807) is 0 Å². The molecule has 3 N–H and O–H groups in total. The molecule has 2 nitrogen and oxygen atoms in total. The van der Waals surface area contributed by atoms with Crippen molar-refractivity contribution in [1.29, 1.82) is 0 Å². The van der Waals surface area contributed by atoms with Gasteiger partial charge in [0.1, 0.15) is 0 Å². The maximum atomic E-state index is 6.03. The molecule has 11 heavy (non-hydrogen) atoms. The highest BCUT2D eigenvalue weighted by atomic mass is 15.1. The average Bonchev–Trinajstić information content (AvgIpc) is 1.49. The number of rotatable bonds is 0. The van der Waals surface area contributed by atoms with Crippen molar-refractivity contribution in [3.63, 3.8) is 0 Å². The minimum atomic E-state index is -0.166. The van der Waals surface area contributed by atoms with Gasteiger partial charge in [0.2, 0.25) is 0 Å². The molecule has 0 aromatic carbocycles. The Morgan fingerprint density at radius 3 is 2.18 bits per heavy atom. The molecule has 66 valence electrons. The van der Waals surface area contributed by atoms with Gasteiger partial charge in [-0.05, 0) is 39.5 Å². The van der Waals surface area contributed by atoms with Crippen LogP contribution in [0.4, 0.5) is 0 Å². The van der Waals surface area contributed by atoms with Crippen molar-refractivity contribution in [1.82, 2.24) is 5.32 Å². The van der Waals surface area contributed by atoms with Crippen LogP contribution in [0.3, 0.4) is 0 Å². The first-order valence-corrected chi connectivity index (χ1v) is 4.39. The van der Waals surface area contributed by atoms with Crippen molar-refractivity contribution in [3.05, 3.63) is 0 Å². The van der Waals surface area contributed by atoms with Gasteiger partial charge in [-0.3, -0.25) is 5.32 Å². The summed E-state index contributed by atoms with van der Waals surface area (Å²) < 4.78 is 0. The van der Waals surface area contributed by atoms with Crippen molar-refractivity contribution in [3.8, 4) is 0 Å². The number of piperidine rings is 1. The molecule has 2 heteroatoms. The van der Waals surface area contributed by atoms with Crippen molar-refractivity contribution in [2.75, 3.05) is 0 Å². The Morgan fingerprint density at radius 2 is 1.82 bits per heavy atom. The third-order valence-electron chi connectivity index (χ3n) is 2.26. The van der Waals surface area contributed by atoms with Gasteiger partial charge in [0, 0.05) is 5.54 Å². The Labute approximate surface area is 69.5 Å². The molecule has 2 unspecified atom stereocenters. The highest BCUT2D eigenvalue weighted by Gasteiger charge is 2.35. The molecule has 1 aliphatic heterocycles. The van der Waals surface area contributed by atoms with Gasteiger partial charge >= 0.3 is 0 Å². The van der Waals surface area contributed by atoms with E-state index in [2.05, 4.69) is 33.0 Å². The molecule has 0 saturated carbocycles. The van der Waals surface area contributed by atoms with Crippen LogP contribution in [0.1, 0.15) is 40.5 Å². The minimum absolute atomic E-state index is 0.166. The third-order valence-corrected chi connectivity index (χ3v) is 2.26. The Hall–Kier alpha value is -0.0800. The van der Waals surface area contributed by atoms with Gasteiger partial charge in [-0.15, -0.1) is 0 Å². The van der Waals surface area contributed by atoms with Crippen LogP contribution in [0.5, 0.6) is 0 Å². The molecule has 0 spiro atoms. The lowest BCUT2D eigenvalue weighted by atomic mass is 9.80. The predicted molar refractivity (Wildman–Crippen MR) is 48.2 cm³/mol. The molecule has 0 aromatic heterocycles. The predicted octanol–water partition coefficient (Wildman–Crippen LogP) is 1.46. The number of hydrogen-bond donors (Lipinski definition) is 2. The van der Waals surface area contributed by atoms with E-state index in [9.17, 15) is 0 Å². The maximum Gasteiger partial charge on any atom is 0.0639 e. The third kappa shape index (κ3) is 2.46. The van der Waals surface area contributed by atoms with Gasteiger partial charge in [-0.25, -0.2) is 0 Å². The van der Waals surface area contributed by atoms with Crippen LogP contribution in [0.2, 0.25) is 0 Å². The van der Waals surface area contributed by atoms with Gasteiger partial charge in [-0.2, -0.15) is 0 Å². The molecule has 1 fully saturated rings. The highest BCUT2D eigenvalue weighted by Crippen LogP contribution is 2.29. The molecule has 1 heterocycles. The van der Waals surface area contributed by atoms with Crippen LogP contribution in [0.25, 0.3) is 0 Å². The SMILES string of the molecule is CC1CC(C)(C)NC(C)(N)C1. The lowest BCUT2D eigenvalue weighted by molar-refractivity contribution is 0.129. The molecule has 0 aromatic rings. The standard InChI is InChI=1S/C9H20N2/c1-7-5-8(2,3)11-9(4,10)6-7/h7,11H,5-6,10H2,1-4H3. The molecule has 0 radical (unpaired) electrons. The highest BCUT2D eigenvalue weighted by molar-refractivity contribution is 4.94. The first kappa shape index (κ1) is 9.01. The smallest absolute Gasteiger partial charge is 0.0639 e. The summed E-state index contributed by atoms with van der Waals surface area (Å²) in [4.78, 5) is 0. The normalized spacial score (nSPS) is 43.9. The van der Waals surface area contributed by atoms with Gasteiger partial charge in [0.15, 0.2) is 0 Å². The van der Waals surface area contributed by atoms with E-state index in [0.717, 1.165) is 12.3 Å². The summed E-state index contributed by atoms with van der Waals surface area (Å²) in [6.45, 7) is 8.78. The fourth-order valence-electron chi connectivity index (χ4n) is 2.54. The Morgan fingerprint density at radius 1 is 1.27 bits per heavy atom. The molecule has 0 aliphatic carbocycles. The van der Waals surface area contributed by atoms with Gasteiger partial charge in [0.25, 0.3) is 0 Å². The molecule has 0 amide bonds. The molecular weight excluding hydrogens is 136 g/mol. The van der Waals surface area contributed by atoms with Crippen molar-refractivity contribution >= 4 is 0 Å². The zero-order valence-electron chi connectivity index (χ0n) is 8.07. The van der Waals surface area contributed by atoms with Crippen LogP contribution >= 0.6 is 0 Å². The summed E-state index contributed by atoms with van der Waals surface area (Å²) in [5, 5.41) is 3.44. The van der Waals surface area contributed by atoms with E-state index in [1.165, 1.54) is 6.42 Å². The first-order chi connectivity index (χ1) is 4.81. The van der Waals surface area contributed by atoms with E-state index in [4.69, 9.17) is 5.73 Å². The molecular formula is C9H20N2. The molecule has 1 rings (SSSR count). The lowest BCUT2D eigenvalue weighted by Crippen LogP contribution is -2.63. The van der Waals surface area contributed by atoms with Crippen LogP contribution in [-0.4, -0.2) is 11.2 Å². The number of nitrogens with one attached hydrogen (secondary N) is 1. The topological polar surface area (TPSA) is 38.0 Å². The van der Waals surface area contributed by atoms with Gasteiger partial charge in [-0.1, -0.05) is 6.92 Å². The van der Waals surface area contributed by atoms with E-state index in [-0.39, 0.29) is 11.2 Å². The van der Waals surface area contributed by atoms with Crippen molar-refractivity contribution < 1.29 is 0 Å². The quantitative estimate of drug-likeness (QED) is 0.557. The van der Waals surface area contributed by atoms with Crippen molar-refractivity contribution in [2.24, 2.45) is 11.7 Å². The van der Waals surface area contributed by atoms with E-state index in [1.807, 2.05) is 0 Å². The summed E-state index contributed by atoms with van der Waals surface area (Å²) in [6, 6.07) is 0. The molecule has 1 aliphatic rings. The zero-order chi connectivity index (χ0) is 8.70. The molecule has 2 atom stereocenters. The van der Waals surface area contributed by atoms with E-state index in [0.29, 0.717) is 0 Å². The second-order valence-electron chi connectivity index (χ2n) is 4.94. The van der Waals surface area contributed by atoms with Gasteiger partial charge in [0.05, 0.1) is 5.66 Å². The zero-order valence-corrected chi connectivity index (χ0v) is 8.07. The average molecular weight is 156 g/mol. The largest absolute Gasteiger partial charge is 0.314 e. The number of nitrogens with two attached hydrogens (primary N) is 1. The fourth-order valence-corrected chi connectivity index (χ4v) is 2.54. The monoisotopic (exact) mass is 156 g/mol. The summed E-state index contributed by atoms with van der Waals surface area (Å²) in [7, 11) is 0. The number of hydrogen-bond acceptors (Lipinski definition) is 2. The van der Waals surface area contributed by atoms with Crippen LogP contribution < -0.4 is 11.1 Å². The summed E-state index contributed by atoms with van der Waals surface area (Å²) in [5.41, 5.74) is 6.08.